The predicted octanol–water partition coefficient (Wildman–Crippen LogP) is 3.40. The van der Waals surface area contributed by atoms with Crippen LogP contribution in [0.1, 0.15) is 22.5 Å². The summed E-state index contributed by atoms with van der Waals surface area (Å²) in [6.07, 6.45) is 2.28. The molecule has 0 radical (unpaired) electrons. The summed E-state index contributed by atoms with van der Waals surface area (Å²) in [4.78, 5) is 4.46. The predicted molar refractivity (Wildman–Crippen MR) is 100 cm³/mol. The molecule has 2 aromatic heterocycles. The molecule has 0 aliphatic carbocycles. The second kappa shape index (κ2) is 6.20. The Kier molecular flexibility index (Phi) is 4.23. The molecular weight excluding hydrogens is 395 g/mol. The fourth-order valence-corrected chi connectivity index (χ4v) is 5.43. The van der Waals surface area contributed by atoms with Crippen LogP contribution in [0.25, 0.3) is 5.65 Å². The van der Waals surface area contributed by atoms with Crippen LogP contribution in [0, 0.1) is 13.8 Å². The van der Waals surface area contributed by atoms with E-state index >= 15 is 0 Å². The molecule has 0 N–H and O–H groups in total. The van der Waals surface area contributed by atoms with Gasteiger partial charge < -0.3 is 0 Å². The van der Waals surface area contributed by atoms with Crippen molar-refractivity contribution in [3.63, 3.8) is 0 Å². The van der Waals surface area contributed by atoms with Crippen LogP contribution < -0.4 is 0 Å². The van der Waals surface area contributed by atoms with Gasteiger partial charge in [-0.15, -0.1) is 0 Å². The van der Waals surface area contributed by atoms with E-state index in [1.165, 1.54) is 16.4 Å². The molecule has 4 rings (SSSR count). The third-order valence-corrected chi connectivity index (χ3v) is 7.28. The van der Waals surface area contributed by atoms with Gasteiger partial charge in [0, 0.05) is 42.4 Å². The van der Waals surface area contributed by atoms with Crippen LogP contribution in [-0.4, -0.2) is 33.9 Å². The third-order valence-electron chi connectivity index (χ3n) is 4.57. The molecule has 26 heavy (non-hydrogen) atoms. The second-order valence-electron chi connectivity index (χ2n) is 6.41. The Hall–Kier alpha value is -1.67. The Morgan fingerprint density at radius 3 is 2.65 bits per heavy atom. The molecule has 0 atom stereocenters. The van der Waals surface area contributed by atoms with Gasteiger partial charge >= 0.3 is 0 Å². The number of aryl methyl sites for hydroxylation is 2. The van der Waals surface area contributed by atoms with Gasteiger partial charge in [-0.1, -0.05) is 23.2 Å². The standard InChI is InChI=1S/C17H16Cl2N4O2S/c1-10-5-16(14(19)7-13(10)18)26(24,25)22-4-3-15-12(9-22)8-20-17-6-11(2)21-23(15)17/h5-8H,3-4,9H2,1-2H3. The first kappa shape index (κ1) is 17.7. The first-order chi connectivity index (χ1) is 12.3. The Labute approximate surface area is 161 Å². The molecule has 136 valence electrons. The number of hydrogen-bond donors (Lipinski definition) is 0. The average molecular weight is 411 g/mol. The van der Waals surface area contributed by atoms with Gasteiger partial charge in [0.25, 0.3) is 0 Å². The summed E-state index contributed by atoms with van der Waals surface area (Å²) in [7, 11) is -3.74. The number of aromatic nitrogens is 3. The molecule has 1 aliphatic rings. The first-order valence-corrected chi connectivity index (χ1v) is 10.3. The van der Waals surface area contributed by atoms with Crippen molar-refractivity contribution in [2.24, 2.45) is 0 Å². The van der Waals surface area contributed by atoms with E-state index in [1.807, 2.05) is 13.0 Å². The summed E-state index contributed by atoms with van der Waals surface area (Å²) >= 11 is 12.2. The number of rotatable bonds is 2. The number of hydrogen-bond acceptors (Lipinski definition) is 4. The maximum absolute atomic E-state index is 13.1. The van der Waals surface area contributed by atoms with E-state index in [0.717, 1.165) is 22.6 Å². The average Bonchev–Trinajstić information content (AvgIpc) is 2.98. The molecule has 0 saturated heterocycles. The van der Waals surface area contributed by atoms with Crippen molar-refractivity contribution in [2.45, 2.75) is 31.7 Å². The van der Waals surface area contributed by atoms with Gasteiger partial charge in [-0.2, -0.15) is 9.40 Å². The van der Waals surface area contributed by atoms with E-state index in [-0.39, 0.29) is 16.5 Å². The fraction of sp³-hybridized carbons (Fsp3) is 0.294. The zero-order chi connectivity index (χ0) is 18.6. The van der Waals surface area contributed by atoms with Gasteiger partial charge in [-0.25, -0.2) is 17.9 Å². The number of sulfonamides is 1. The molecule has 6 nitrogen and oxygen atoms in total. The summed E-state index contributed by atoms with van der Waals surface area (Å²) in [5.74, 6) is 0. The summed E-state index contributed by atoms with van der Waals surface area (Å²) in [6.45, 7) is 4.25. The largest absolute Gasteiger partial charge is 0.244 e. The normalized spacial score (nSPS) is 15.4. The highest BCUT2D eigenvalue weighted by Gasteiger charge is 2.31. The van der Waals surface area contributed by atoms with E-state index < -0.39 is 10.0 Å². The van der Waals surface area contributed by atoms with Crippen molar-refractivity contribution in [3.05, 3.63) is 57.0 Å². The van der Waals surface area contributed by atoms with Crippen molar-refractivity contribution in [1.29, 1.82) is 0 Å². The Morgan fingerprint density at radius 1 is 1.12 bits per heavy atom. The lowest BCUT2D eigenvalue weighted by atomic mass is 10.1. The topological polar surface area (TPSA) is 67.6 Å². The minimum absolute atomic E-state index is 0.0773. The Bertz CT molecular complexity index is 1140. The summed E-state index contributed by atoms with van der Waals surface area (Å²) in [6, 6.07) is 4.90. The van der Waals surface area contributed by atoms with Crippen LogP contribution in [-0.2, 0) is 23.0 Å². The van der Waals surface area contributed by atoms with Crippen LogP contribution >= 0.6 is 23.2 Å². The van der Waals surface area contributed by atoms with E-state index in [9.17, 15) is 8.42 Å². The Balaban J connectivity index is 1.74. The van der Waals surface area contributed by atoms with Crippen molar-refractivity contribution in [1.82, 2.24) is 18.9 Å². The highest BCUT2D eigenvalue weighted by atomic mass is 35.5. The maximum Gasteiger partial charge on any atom is 0.244 e. The lowest BCUT2D eigenvalue weighted by Gasteiger charge is -2.28. The van der Waals surface area contributed by atoms with E-state index in [1.54, 1.807) is 17.6 Å². The van der Waals surface area contributed by atoms with Crippen LogP contribution in [0.2, 0.25) is 10.0 Å². The van der Waals surface area contributed by atoms with Gasteiger partial charge in [-0.3, -0.25) is 0 Å². The highest BCUT2D eigenvalue weighted by molar-refractivity contribution is 7.89. The fourth-order valence-electron chi connectivity index (χ4n) is 3.20. The van der Waals surface area contributed by atoms with Crippen LogP contribution in [0.15, 0.2) is 29.3 Å². The lowest BCUT2D eigenvalue weighted by Crippen LogP contribution is -2.37. The van der Waals surface area contributed by atoms with E-state index in [4.69, 9.17) is 23.2 Å². The van der Waals surface area contributed by atoms with Crippen molar-refractivity contribution in [3.8, 4) is 0 Å². The quantitative estimate of drug-likeness (QED) is 0.648. The molecule has 9 heteroatoms. The molecule has 0 spiro atoms. The maximum atomic E-state index is 13.1. The number of benzene rings is 1. The summed E-state index contributed by atoms with van der Waals surface area (Å²) in [5, 5.41) is 5.03. The number of halogens is 2. The van der Waals surface area contributed by atoms with Gasteiger partial charge in [0.15, 0.2) is 5.65 Å². The van der Waals surface area contributed by atoms with Gasteiger partial charge in [0.2, 0.25) is 10.0 Å². The van der Waals surface area contributed by atoms with Gasteiger partial charge in [0.1, 0.15) is 4.90 Å². The molecule has 3 heterocycles. The van der Waals surface area contributed by atoms with Gasteiger partial charge in [0.05, 0.1) is 16.4 Å². The molecule has 0 amide bonds. The van der Waals surface area contributed by atoms with Crippen LogP contribution in [0.4, 0.5) is 0 Å². The molecule has 0 unspecified atom stereocenters. The monoisotopic (exact) mass is 410 g/mol. The molecule has 3 aromatic rings. The number of nitrogens with zero attached hydrogens (tertiary/aromatic N) is 4. The van der Waals surface area contributed by atoms with Gasteiger partial charge in [-0.05, 0) is 31.5 Å². The minimum Gasteiger partial charge on any atom is -0.237 e. The zero-order valence-corrected chi connectivity index (χ0v) is 16.5. The third kappa shape index (κ3) is 2.79. The SMILES string of the molecule is Cc1cc2ncc3c(n2n1)CCN(S(=O)(=O)c1cc(C)c(Cl)cc1Cl)C3. The summed E-state index contributed by atoms with van der Waals surface area (Å²) in [5.41, 5.74) is 4.16. The lowest BCUT2D eigenvalue weighted by molar-refractivity contribution is 0.384. The number of fused-ring (bicyclic) bond motifs is 3. The smallest absolute Gasteiger partial charge is 0.237 e. The molecular formula is C17H16Cl2N4O2S. The van der Waals surface area contributed by atoms with Crippen LogP contribution in [0.3, 0.4) is 0 Å². The van der Waals surface area contributed by atoms with Crippen molar-refractivity contribution >= 4 is 38.9 Å². The second-order valence-corrected chi connectivity index (χ2v) is 9.13. The summed E-state index contributed by atoms with van der Waals surface area (Å²) < 4.78 is 29.4. The van der Waals surface area contributed by atoms with E-state index in [2.05, 4.69) is 10.1 Å². The minimum atomic E-state index is -3.74. The molecule has 1 aromatic carbocycles. The molecule has 0 bridgehead atoms. The zero-order valence-electron chi connectivity index (χ0n) is 14.2. The molecule has 0 fully saturated rings. The highest BCUT2D eigenvalue weighted by Crippen LogP contribution is 2.32. The first-order valence-electron chi connectivity index (χ1n) is 8.06. The van der Waals surface area contributed by atoms with Crippen molar-refractivity contribution in [2.75, 3.05) is 6.54 Å². The molecule has 1 aliphatic heterocycles. The molecule has 0 saturated carbocycles. The van der Waals surface area contributed by atoms with E-state index in [0.29, 0.717) is 23.6 Å². The van der Waals surface area contributed by atoms with Crippen molar-refractivity contribution < 1.29 is 8.42 Å². The van der Waals surface area contributed by atoms with Crippen LogP contribution in [0.5, 0.6) is 0 Å². The Morgan fingerprint density at radius 2 is 1.88 bits per heavy atom.